The van der Waals surface area contributed by atoms with Gasteiger partial charge in [-0.25, -0.2) is 0 Å². The number of aliphatic hydroxyl groups is 1. The Morgan fingerprint density at radius 2 is 2.09 bits per heavy atom. The summed E-state index contributed by atoms with van der Waals surface area (Å²) in [5.74, 6) is 0.356. The monoisotopic (exact) mass is 302 g/mol. The van der Waals surface area contributed by atoms with Crippen molar-refractivity contribution in [2.24, 2.45) is 11.7 Å². The predicted octanol–water partition coefficient (Wildman–Crippen LogP) is 1.88. The maximum Gasteiger partial charge on any atom is 0.228 e. The first-order valence-corrected chi connectivity index (χ1v) is 7.51. The Hall–Kier alpha value is -2.26. The zero-order chi connectivity index (χ0) is 15.7. The number of nitrogens with zero attached hydrogens (tertiary/aromatic N) is 1. The fraction of sp³-hybridized carbons (Fsp3) is 0.500. The molecule has 0 aromatic carbocycles. The third-order valence-electron chi connectivity index (χ3n) is 4.45. The molecule has 22 heavy (non-hydrogen) atoms. The van der Waals surface area contributed by atoms with Gasteiger partial charge in [0.25, 0.3) is 0 Å². The Morgan fingerprint density at radius 3 is 2.73 bits per heavy atom. The van der Waals surface area contributed by atoms with Crippen LogP contribution in [0.4, 0.5) is 0 Å². The van der Waals surface area contributed by atoms with Gasteiger partial charge in [0, 0.05) is 6.07 Å². The van der Waals surface area contributed by atoms with Gasteiger partial charge >= 0.3 is 0 Å². The number of allylic oxidation sites excluding steroid dienone is 1. The molecule has 0 bridgehead atoms. The second kappa shape index (κ2) is 5.85. The van der Waals surface area contributed by atoms with E-state index in [2.05, 4.69) is 6.07 Å². The minimum atomic E-state index is -0.383. The first-order valence-electron chi connectivity index (χ1n) is 7.51. The summed E-state index contributed by atoms with van der Waals surface area (Å²) in [5, 5.41) is 18.7. The largest absolute Gasteiger partial charge is 0.459 e. The molecule has 0 saturated heterocycles. The van der Waals surface area contributed by atoms with Crippen molar-refractivity contribution >= 4 is 0 Å². The molecule has 1 aromatic rings. The van der Waals surface area contributed by atoms with E-state index in [-0.39, 0.29) is 41.3 Å². The smallest absolute Gasteiger partial charge is 0.228 e. The average molecular weight is 302 g/mol. The first kappa shape index (κ1) is 14.7. The van der Waals surface area contributed by atoms with E-state index in [9.17, 15) is 15.2 Å². The van der Waals surface area contributed by atoms with Crippen LogP contribution in [0, 0.1) is 17.2 Å². The number of fused-ring (bicyclic) bond motifs is 1. The molecule has 0 unspecified atom stereocenters. The third kappa shape index (κ3) is 2.38. The van der Waals surface area contributed by atoms with Crippen LogP contribution in [0.3, 0.4) is 0 Å². The van der Waals surface area contributed by atoms with Crippen molar-refractivity contribution < 1.29 is 14.3 Å². The Labute approximate surface area is 127 Å². The summed E-state index contributed by atoms with van der Waals surface area (Å²) in [7, 11) is 0. The molecule has 1 aliphatic carbocycles. The molecule has 1 aliphatic heterocycles. The van der Waals surface area contributed by atoms with Gasteiger partial charge in [-0.2, -0.15) is 5.26 Å². The highest BCUT2D eigenvalue weighted by molar-refractivity contribution is 5.46. The summed E-state index contributed by atoms with van der Waals surface area (Å²) >= 11 is 0. The van der Waals surface area contributed by atoms with E-state index >= 15 is 0 Å². The van der Waals surface area contributed by atoms with Gasteiger partial charge in [-0.05, 0) is 18.8 Å². The molecule has 0 spiro atoms. The van der Waals surface area contributed by atoms with E-state index in [1.165, 1.54) is 12.5 Å². The van der Waals surface area contributed by atoms with E-state index in [4.69, 9.17) is 14.9 Å². The van der Waals surface area contributed by atoms with Gasteiger partial charge in [0.15, 0.2) is 5.76 Å². The molecule has 0 radical (unpaired) electrons. The van der Waals surface area contributed by atoms with Crippen molar-refractivity contribution in [3.63, 3.8) is 0 Å². The SMILES string of the molecule is N#CC1=C(N)Oc2c(oc(CO)cc2=O)[C@@H]1C1CCCCC1. The number of aliphatic hydroxyl groups excluding tert-OH is 1. The van der Waals surface area contributed by atoms with E-state index < -0.39 is 0 Å². The summed E-state index contributed by atoms with van der Waals surface area (Å²) in [6, 6.07) is 3.30. The quantitative estimate of drug-likeness (QED) is 0.863. The lowest BCUT2D eigenvalue weighted by molar-refractivity contribution is 0.214. The highest BCUT2D eigenvalue weighted by Crippen LogP contribution is 2.45. The maximum atomic E-state index is 12.2. The van der Waals surface area contributed by atoms with Crippen LogP contribution in [-0.2, 0) is 6.61 Å². The van der Waals surface area contributed by atoms with Gasteiger partial charge in [0.1, 0.15) is 24.0 Å². The zero-order valence-corrected chi connectivity index (χ0v) is 12.2. The Bertz CT molecular complexity index is 708. The second-order valence-corrected chi connectivity index (χ2v) is 5.80. The Kier molecular flexibility index (Phi) is 3.90. The lowest BCUT2D eigenvalue weighted by Crippen LogP contribution is -2.29. The van der Waals surface area contributed by atoms with Crippen LogP contribution in [0.2, 0.25) is 0 Å². The second-order valence-electron chi connectivity index (χ2n) is 5.80. The summed E-state index contributed by atoms with van der Waals surface area (Å²) in [6.45, 7) is -0.374. The van der Waals surface area contributed by atoms with Gasteiger partial charge < -0.3 is 20.0 Å². The number of rotatable bonds is 2. The lowest BCUT2D eigenvalue weighted by atomic mass is 9.75. The predicted molar refractivity (Wildman–Crippen MR) is 77.7 cm³/mol. The average Bonchev–Trinajstić information content (AvgIpc) is 2.55. The van der Waals surface area contributed by atoms with Crippen molar-refractivity contribution in [1.29, 1.82) is 5.26 Å². The van der Waals surface area contributed by atoms with Gasteiger partial charge in [0.2, 0.25) is 17.1 Å². The summed E-state index contributed by atoms with van der Waals surface area (Å²) in [5.41, 5.74) is 5.78. The van der Waals surface area contributed by atoms with Gasteiger partial charge in [-0.15, -0.1) is 0 Å². The number of ether oxygens (including phenoxy) is 1. The number of nitrogens with two attached hydrogens (primary N) is 1. The molecule has 2 heterocycles. The summed E-state index contributed by atoms with van der Waals surface area (Å²) in [6.07, 6.45) is 5.25. The fourth-order valence-corrected chi connectivity index (χ4v) is 3.42. The number of nitriles is 1. The maximum absolute atomic E-state index is 12.2. The van der Waals surface area contributed by atoms with E-state index in [0.29, 0.717) is 11.3 Å². The Morgan fingerprint density at radius 1 is 1.36 bits per heavy atom. The van der Waals surface area contributed by atoms with Crippen LogP contribution in [-0.4, -0.2) is 5.11 Å². The molecule has 6 heteroatoms. The minimum Gasteiger partial charge on any atom is -0.459 e. The van der Waals surface area contributed by atoms with E-state index in [1.807, 2.05) is 0 Å². The number of hydrogen-bond acceptors (Lipinski definition) is 6. The molecule has 1 fully saturated rings. The van der Waals surface area contributed by atoms with Gasteiger partial charge in [-0.3, -0.25) is 4.79 Å². The number of hydrogen-bond donors (Lipinski definition) is 2. The molecular formula is C16H18N2O4. The zero-order valence-electron chi connectivity index (χ0n) is 12.2. The van der Waals surface area contributed by atoms with Crippen molar-refractivity contribution in [3.8, 4) is 11.8 Å². The van der Waals surface area contributed by atoms with Crippen LogP contribution >= 0.6 is 0 Å². The molecular weight excluding hydrogens is 284 g/mol. The lowest BCUT2D eigenvalue weighted by Gasteiger charge is -2.32. The van der Waals surface area contributed by atoms with Gasteiger partial charge in [0.05, 0.1) is 5.92 Å². The van der Waals surface area contributed by atoms with Crippen molar-refractivity contribution in [1.82, 2.24) is 0 Å². The van der Waals surface area contributed by atoms with E-state index in [0.717, 1.165) is 25.7 Å². The molecule has 116 valence electrons. The van der Waals surface area contributed by atoms with Crippen molar-refractivity contribution in [2.75, 3.05) is 0 Å². The van der Waals surface area contributed by atoms with Crippen molar-refractivity contribution in [2.45, 2.75) is 44.6 Å². The molecule has 1 atom stereocenters. The summed E-state index contributed by atoms with van der Waals surface area (Å²) in [4.78, 5) is 12.2. The Balaban J connectivity index is 2.15. The van der Waals surface area contributed by atoms with Crippen LogP contribution in [0.1, 0.15) is 49.5 Å². The molecule has 0 amide bonds. The molecule has 1 aromatic heterocycles. The first-order chi connectivity index (χ1) is 10.7. The standard InChI is InChI=1S/C16H18N2O4/c17-7-11-13(9-4-2-1-3-5-9)15-14(22-16(11)18)12(20)6-10(8-19)21-15/h6,9,13,19H,1-5,8,18H2/t13-/m1/s1. The molecule has 2 aliphatic rings. The molecule has 6 nitrogen and oxygen atoms in total. The van der Waals surface area contributed by atoms with Crippen LogP contribution in [0.15, 0.2) is 26.7 Å². The highest BCUT2D eigenvalue weighted by Gasteiger charge is 2.39. The van der Waals surface area contributed by atoms with Crippen LogP contribution < -0.4 is 15.9 Å². The molecule has 1 saturated carbocycles. The van der Waals surface area contributed by atoms with Crippen LogP contribution in [0.25, 0.3) is 0 Å². The third-order valence-corrected chi connectivity index (χ3v) is 4.45. The normalized spacial score (nSPS) is 21.9. The topological polar surface area (TPSA) is 109 Å². The summed E-state index contributed by atoms with van der Waals surface area (Å²) < 4.78 is 11.0. The molecule has 3 N–H and O–H groups in total. The fourth-order valence-electron chi connectivity index (χ4n) is 3.42. The van der Waals surface area contributed by atoms with Crippen LogP contribution in [0.5, 0.6) is 5.75 Å². The molecule has 3 rings (SSSR count). The van der Waals surface area contributed by atoms with Gasteiger partial charge in [-0.1, -0.05) is 19.3 Å². The van der Waals surface area contributed by atoms with Crippen molar-refractivity contribution in [3.05, 3.63) is 39.3 Å². The minimum absolute atomic E-state index is 0.0189. The van der Waals surface area contributed by atoms with E-state index in [1.54, 1.807) is 0 Å². The highest BCUT2D eigenvalue weighted by atomic mass is 16.5.